The predicted octanol–water partition coefficient (Wildman–Crippen LogP) is 8.34. The average molecular weight is 709 g/mol. The van der Waals surface area contributed by atoms with Gasteiger partial charge in [-0.3, -0.25) is 14.4 Å². The quantitative estimate of drug-likeness (QED) is 0.199. The minimum atomic E-state index is -4.76. The first kappa shape index (κ1) is 38.5. The molecular weight excluding hydrogens is 670 g/mol. The second kappa shape index (κ2) is 15.1. The van der Waals surface area contributed by atoms with Gasteiger partial charge in [-0.15, -0.1) is 0 Å². The first-order chi connectivity index (χ1) is 21.3. The number of hydrogen-bond donors (Lipinski definition) is 1. The maximum atomic E-state index is 13.8. The predicted molar refractivity (Wildman–Crippen MR) is 171 cm³/mol. The number of halogens is 7. The van der Waals surface area contributed by atoms with Crippen LogP contribution in [0.1, 0.15) is 76.3 Å². The third kappa shape index (κ3) is 11.1. The number of ketones is 1. The van der Waals surface area contributed by atoms with E-state index in [0.717, 1.165) is 18.4 Å². The van der Waals surface area contributed by atoms with Crippen molar-refractivity contribution in [3.8, 4) is 0 Å². The molecule has 1 aliphatic heterocycles. The lowest BCUT2D eigenvalue weighted by atomic mass is 9.83. The van der Waals surface area contributed by atoms with E-state index < -0.39 is 79.2 Å². The third-order valence-corrected chi connectivity index (χ3v) is 8.40. The molecule has 0 unspecified atom stereocenters. The van der Waals surface area contributed by atoms with Crippen LogP contribution in [0.2, 0.25) is 5.02 Å². The Morgan fingerprint density at radius 2 is 1.55 bits per heavy atom. The fourth-order valence-electron chi connectivity index (χ4n) is 5.68. The summed E-state index contributed by atoms with van der Waals surface area (Å²) in [6, 6.07) is 11.5. The van der Waals surface area contributed by atoms with Crippen LogP contribution in [0.3, 0.4) is 0 Å². The highest BCUT2D eigenvalue weighted by Gasteiger charge is 2.43. The fraction of sp³-hybridized carbons (Fsp3) is 0.545. The first-order valence-electron chi connectivity index (χ1n) is 15.2. The summed E-state index contributed by atoms with van der Waals surface area (Å²) in [6.45, 7) is 4.24. The van der Waals surface area contributed by atoms with Gasteiger partial charge in [0.25, 0.3) is 0 Å². The molecule has 1 fully saturated rings. The number of carbonyl (C=O) groups excluding carboxylic acids is 3. The van der Waals surface area contributed by atoms with Crippen LogP contribution in [0, 0.1) is 11.8 Å². The summed E-state index contributed by atoms with van der Waals surface area (Å²) in [5.74, 6) is -6.15. The zero-order valence-corrected chi connectivity index (χ0v) is 28.0. The summed E-state index contributed by atoms with van der Waals surface area (Å²) in [4.78, 5) is 42.3. The first-order valence-corrected chi connectivity index (χ1v) is 15.5. The van der Waals surface area contributed by atoms with E-state index in [1.54, 1.807) is 23.1 Å². The molecule has 4 rings (SSSR count). The molecule has 6 nitrogen and oxygen atoms in total. The molecule has 0 spiro atoms. The van der Waals surface area contributed by atoms with Crippen LogP contribution in [0.15, 0.2) is 42.5 Å². The van der Waals surface area contributed by atoms with Gasteiger partial charge in [-0.1, -0.05) is 29.8 Å². The van der Waals surface area contributed by atoms with E-state index in [9.17, 15) is 40.7 Å². The molecular formula is C33H39ClF6N2O4S. The highest BCUT2D eigenvalue weighted by atomic mass is 35.5. The van der Waals surface area contributed by atoms with Crippen molar-refractivity contribution in [2.75, 3.05) is 11.4 Å². The fourth-order valence-corrected chi connectivity index (χ4v) is 5.92. The molecule has 1 amide bonds. The second-order valence-corrected chi connectivity index (χ2v) is 13.4. The van der Waals surface area contributed by atoms with E-state index >= 15 is 0 Å². The maximum Gasteiger partial charge on any atom is 0.389 e. The van der Waals surface area contributed by atoms with Gasteiger partial charge in [-0.05, 0) is 82.2 Å². The Morgan fingerprint density at radius 3 is 2.13 bits per heavy atom. The van der Waals surface area contributed by atoms with Crippen LogP contribution < -0.4 is 10.2 Å². The Bertz CT molecular complexity index is 1440. The number of amides is 1. The molecule has 2 aliphatic rings. The summed E-state index contributed by atoms with van der Waals surface area (Å²) in [5, 5.41) is 2.82. The van der Waals surface area contributed by atoms with Crippen LogP contribution in [-0.2, 0) is 25.5 Å². The summed E-state index contributed by atoms with van der Waals surface area (Å²) < 4.78 is 85.3. The number of carbonyl (C=O) groups is 3. The normalized spacial score (nSPS) is 18.4. The van der Waals surface area contributed by atoms with E-state index in [4.69, 9.17) is 16.3 Å². The Kier molecular flexibility index (Phi) is 12.4. The summed E-state index contributed by atoms with van der Waals surface area (Å²) >= 11 is 6.50. The van der Waals surface area contributed by atoms with Crippen molar-refractivity contribution >= 4 is 54.1 Å². The van der Waals surface area contributed by atoms with Crippen molar-refractivity contribution in [1.29, 1.82) is 0 Å². The molecule has 260 valence electrons. The highest BCUT2D eigenvalue weighted by molar-refractivity contribution is 7.59. The molecule has 1 aliphatic carbocycles. The Balaban J connectivity index is 0.00000600. The number of hydrogen-bond acceptors (Lipinski definition) is 5. The van der Waals surface area contributed by atoms with Gasteiger partial charge in [0.1, 0.15) is 11.6 Å². The molecule has 47 heavy (non-hydrogen) atoms. The monoisotopic (exact) mass is 708 g/mol. The molecule has 3 atom stereocenters. The number of Topliss-reactive ketones (excluding diaryl/α,β-unsaturated/α-hetero) is 1. The Morgan fingerprint density at radius 1 is 0.957 bits per heavy atom. The smallest absolute Gasteiger partial charge is 0.389 e. The molecule has 1 saturated carbocycles. The zero-order chi connectivity index (χ0) is 34.0. The van der Waals surface area contributed by atoms with Gasteiger partial charge >= 0.3 is 18.3 Å². The number of fused-ring (bicyclic) bond motifs is 1. The molecule has 0 saturated heterocycles. The van der Waals surface area contributed by atoms with Gasteiger partial charge in [0, 0.05) is 41.2 Å². The molecule has 0 radical (unpaired) electrons. The SMILES string of the molecule is CC(C)(C)OC(=O)[C@@H](CCC(F)(F)F)[C@@H](CCC(F)(F)F)C(=O)N[C@H]1CN(c2cccc(C3CC3)c2)c2cccc(Cl)c2CC1=O.S. The topological polar surface area (TPSA) is 75.7 Å². The van der Waals surface area contributed by atoms with E-state index in [1.165, 1.54) is 20.8 Å². The van der Waals surface area contributed by atoms with E-state index in [0.29, 0.717) is 27.9 Å². The summed E-state index contributed by atoms with van der Waals surface area (Å²) in [6.07, 6.45) is -12.6. The molecule has 0 bridgehead atoms. The van der Waals surface area contributed by atoms with Gasteiger partial charge in [0.2, 0.25) is 5.91 Å². The largest absolute Gasteiger partial charge is 0.460 e. The van der Waals surface area contributed by atoms with Gasteiger partial charge < -0.3 is 15.0 Å². The Hall–Kier alpha value is -2.93. The van der Waals surface area contributed by atoms with Crippen LogP contribution in [0.4, 0.5) is 37.7 Å². The van der Waals surface area contributed by atoms with Crippen LogP contribution >= 0.6 is 25.1 Å². The minimum Gasteiger partial charge on any atom is -0.460 e. The van der Waals surface area contributed by atoms with E-state index in [2.05, 4.69) is 5.32 Å². The number of alkyl halides is 6. The van der Waals surface area contributed by atoms with Crippen LogP contribution in [0.25, 0.3) is 0 Å². The van der Waals surface area contributed by atoms with Crippen molar-refractivity contribution in [2.45, 2.75) is 95.6 Å². The highest BCUT2D eigenvalue weighted by Crippen LogP contribution is 2.43. The molecule has 1 heterocycles. The van der Waals surface area contributed by atoms with Crippen molar-refractivity contribution in [2.24, 2.45) is 11.8 Å². The minimum absolute atomic E-state index is 0. The standard InChI is InChI=1S/C33H37ClF6N2O4.H2S/c1-31(2,3)46-30(45)23(13-15-33(38,39)40)22(12-14-32(35,36)37)29(44)41-26-18-42(21-7-4-6-20(16-21)19-10-11-19)27-9-5-8-25(34)24(27)17-28(26)43;/h4-9,16,19,22-23,26H,10-15,17-18H2,1-3H3,(H,41,44);1H2/t22-,23+,26+;/m1./s1. The summed E-state index contributed by atoms with van der Waals surface area (Å²) in [7, 11) is 0. The third-order valence-electron chi connectivity index (χ3n) is 8.05. The van der Waals surface area contributed by atoms with Crippen molar-refractivity contribution in [3.05, 3.63) is 58.6 Å². The van der Waals surface area contributed by atoms with Gasteiger partial charge in [0.15, 0.2) is 5.78 Å². The van der Waals surface area contributed by atoms with Crippen LogP contribution in [-0.4, -0.2) is 48.2 Å². The number of nitrogens with one attached hydrogen (secondary N) is 1. The van der Waals surface area contributed by atoms with Gasteiger partial charge in [-0.25, -0.2) is 0 Å². The summed E-state index contributed by atoms with van der Waals surface area (Å²) in [5.41, 5.74) is 1.71. The maximum absolute atomic E-state index is 13.8. The number of esters is 1. The van der Waals surface area contributed by atoms with Crippen molar-refractivity contribution < 1.29 is 45.5 Å². The zero-order valence-electron chi connectivity index (χ0n) is 26.2. The van der Waals surface area contributed by atoms with Crippen molar-refractivity contribution in [3.63, 3.8) is 0 Å². The lowest BCUT2D eigenvalue weighted by molar-refractivity contribution is -0.171. The average Bonchev–Trinajstić information content (AvgIpc) is 3.78. The van der Waals surface area contributed by atoms with Gasteiger partial charge in [-0.2, -0.15) is 39.8 Å². The van der Waals surface area contributed by atoms with E-state index in [1.807, 2.05) is 24.3 Å². The Labute approximate surface area is 282 Å². The molecule has 2 aromatic rings. The molecule has 2 aromatic carbocycles. The number of rotatable bonds is 10. The van der Waals surface area contributed by atoms with Crippen molar-refractivity contribution in [1.82, 2.24) is 5.32 Å². The number of ether oxygens (including phenoxy) is 1. The molecule has 0 aromatic heterocycles. The second-order valence-electron chi connectivity index (χ2n) is 13.0. The lowest BCUT2D eigenvalue weighted by Gasteiger charge is -2.31. The van der Waals surface area contributed by atoms with Crippen LogP contribution in [0.5, 0.6) is 0 Å². The number of nitrogens with zero attached hydrogens (tertiary/aromatic N) is 1. The van der Waals surface area contributed by atoms with Gasteiger partial charge in [0.05, 0.1) is 18.4 Å². The number of anilines is 2. The lowest BCUT2D eigenvalue weighted by Crippen LogP contribution is -2.51. The molecule has 1 N–H and O–H groups in total. The molecule has 14 heteroatoms. The van der Waals surface area contributed by atoms with E-state index in [-0.39, 0.29) is 26.5 Å². The number of benzene rings is 2.